The third-order valence-corrected chi connectivity index (χ3v) is 6.68. The fraction of sp³-hybridized carbons (Fsp3) is 0.529. The fourth-order valence-electron chi connectivity index (χ4n) is 3.46. The summed E-state index contributed by atoms with van der Waals surface area (Å²) < 4.78 is 26.5. The van der Waals surface area contributed by atoms with Gasteiger partial charge in [0, 0.05) is 37.8 Å². The fourth-order valence-corrected chi connectivity index (χ4v) is 4.85. The van der Waals surface area contributed by atoms with Crippen molar-refractivity contribution in [2.45, 2.75) is 23.8 Å². The number of rotatable bonds is 5. The van der Waals surface area contributed by atoms with Gasteiger partial charge < -0.3 is 15.5 Å². The van der Waals surface area contributed by atoms with Crippen LogP contribution in [0.25, 0.3) is 0 Å². The largest absolute Gasteiger partial charge is 0.354 e. The van der Waals surface area contributed by atoms with Crippen LogP contribution in [0.1, 0.15) is 23.2 Å². The zero-order valence-electron chi connectivity index (χ0n) is 15.2. The van der Waals surface area contributed by atoms with Crippen LogP contribution in [-0.4, -0.2) is 75.3 Å². The van der Waals surface area contributed by atoms with Crippen molar-refractivity contribution < 1.29 is 18.0 Å². The number of carbonyl (C=O) groups is 2. The van der Waals surface area contributed by atoms with Crippen molar-refractivity contribution in [3.63, 3.8) is 0 Å². The lowest BCUT2D eigenvalue weighted by Gasteiger charge is -2.26. The second kappa shape index (κ2) is 9.01. The van der Waals surface area contributed by atoms with Crippen LogP contribution >= 0.6 is 12.4 Å². The first-order chi connectivity index (χ1) is 12.4. The van der Waals surface area contributed by atoms with Crippen LogP contribution in [0.3, 0.4) is 0 Å². The zero-order valence-corrected chi connectivity index (χ0v) is 16.8. The standard InChI is InChI=1S/C17H24N4O4S.ClH/c1-18-11-14-3-2-9-21(14)17(23)13-4-6-15(7-5-13)26(24,25)20-10-8-19-16(22)12-20;/h4-7,14,18H,2-3,8-12H2,1H3,(H,19,22);1H. The van der Waals surface area contributed by atoms with Crippen LogP contribution < -0.4 is 10.6 Å². The van der Waals surface area contributed by atoms with E-state index in [1.807, 2.05) is 11.9 Å². The Bertz CT molecular complexity index is 785. The maximum absolute atomic E-state index is 12.7. The quantitative estimate of drug-likeness (QED) is 0.706. The summed E-state index contributed by atoms with van der Waals surface area (Å²) in [6.07, 6.45) is 1.94. The molecule has 2 saturated heterocycles. The first kappa shape index (κ1) is 21.6. The molecule has 1 unspecified atom stereocenters. The monoisotopic (exact) mass is 416 g/mol. The molecule has 1 aromatic carbocycles. The van der Waals surface area contributed by atoms with Crippen molar-refractivity contribution in [1.82, 2.24) is 19.8 Å². The van der Waals surface area contributed by atoms with Gasteiger partial charge in [-0.2, -0.15) is 4.31 Å². The lowest BCUT2D eigenvalue weighted by Crippen LogP contribution is -2.49. The van der Waals surface area contributed by atoms with Gasteiger partial charge in [0.25, 0.3) is 5.91 Å². The summed E-state index contributed by atoms with van der Waals surface area (Å²) in [6, 6.07) is 6.15. The van der Waals surface area contributed by atoms with Crippen molar-refractivity contribution >= 4 is 34.2 Å². The van der Waals surface area contributed by atoms with E-state index in [1.54, 1.807) is 12.1 Å². The van der Waals surface area contributed by atoms with Gasteiger partial charge in [-0.3, -0.25) is 9.59 Å². The predicted molar refractivity (Wildman–Crippen MR) is 103 cm³/mol. The molecule has 10 heteroatoms. The van der Waals surface area contributed by atoms with Crippen LogP contribution in [0.2, 0.25) is 0 Å². The van der Waals surface area contributed by atoms with Gasteiger partial charge in [0.1, 0.15) is 0 Å². The van der Waals surface area contributed by atoms with Crippen molar-refractivity contribution in [1.29, 1.82) is 0 Å². The van der Waals surface area contributed by atoms with Gasteiger partial charge in [-0.25, -0.2) is 8.42 Å². The first-order valence-electron chi connectivity index (χ1n) is 8.76. The molecule has 2 aliphatic heterocycles. The van der Waals surface area contributed by atoms with Crippen molar-refractivity contribution in [3.8, 4) is 0 Å². The number of piperazine rings is 1. The highest BCUT2D eigenvalue weighted by Crippen LogP contribution is 2.22. The first-order valence-corrected chi connectivity index (χ1v) is 10.2. The number of nitrogens with zero attached hydrogens (tertiary/aromatic N) is 2. The number of carbonyl (C=O) groups excluding carboxylic acids is 2. The van der Waals surface area contributed by atoms with Gasteiger partial charge in [-0.1, -0.05) is 0 Å². The van der Waals surface area contributed by atoms with Crippen LogP contribution in [0.5, 0.6) is 0 Å². The van der Waals surface area contributed by atoms with Crippen molar-refractivity contribution in [3.05, 3.63) is 29.8 Å². The molecule has 2 N–H and O–H groups in total. The van der Waals surface area contributed by atoms with Crippen molar-refractivity contribution in [2.24, 2.45) is 0 Å². The average Bonchev–Trinajstić information content (AvgIpc) is 3.10. The van der Waals surface area contributed by atoms with E-state index >= 15 is 0 Å². The molecule has 2 aliphatic rings. The van der Waals surface area contributed by atoms with Gasteiger partial charge in [0.2, 0.25) is 15.9 Å². The number of benzene rings is 1. The van der Waals surface area contributed by atoms with E-state index in [4.69, 9.17) is 0 Å². The maximum atomic E-state index is 12.7. The number of hydrogen-bond donors (Lipinski definition) is 2. The number of amides is 2. The van der Waals surface area contributed by atoms with E-state index in [9.17, 15) is 18.0 Å². The second-order valence-corrected chi connectivity index (χ2v) is 8.50. The van der Waals surface area contributed by atoms with Crippen LogP contribution in [0.4, 0.5) is 0 Å². The number of hydrogen-bond acceptors (Lipinski definition) is 5. The summed E-state index contributed by atoms with van der Waals surface area (Å²) >= 11 is 0. The summed E-state index contributed by atoms with van der Waals surface area (Å²) in [5, 5.41) is 5.71. The third kappa shape index (κ3) is 4.60. The molecule has 0 aromatic heterocycles. The van der Waals surface area contributed by atoms with E-state index in [1.165, 1.54) is 12.1 Å². The summed E-state index contributed by atoms with van der Waals surface area (Å²) in [5.74, 6) is -0.389. The Morgan fingerprint density at radius 3 is 2.59 bits per heavy atom. The minimum absolute atomic E-state index is 0. The molecule has 2 fully saturated rings. The number of nitrogens with one attached hydrogen (secondary N) is 2. The average molecular weight is 417 g/mol. The Labute approximate surface area is 165 Å². The number of likely N-dealkylation sites (tertiary alicyclic amines) is 1. The minimum atomic E-state index is -3.74. The van der Waals surface area contributed by atoms with Crippen LogP contribution in [0, 0.1) is 0 Å². The van der Waals surface area contributed by atoms with E-state index in [0.717, 1.165) is 23.7 Å². The lowest BCUT2D eigenvalue weighted by atomic mass is 10.1. The summed E-state index contributed by atoms with van der Waals surface area (Å²) in [5.41, 5.74) is 0.475. The highest BCUT2D eigenvalue weighted by atomic mass is 35.5. The molecule has 0 radical (unpaired) electrons. The molecule has 0 bridgehead atoms. The molecule has 2 amide bonds. The molecule has 1 aromatic rings. The normalized spacial score (nSPS) is 20.9. The molecule has 0 aliphatic carbocycles. The Kier molecular flexibility index (Phi) is 7.21. The summed E-state index contributed by atoms with van der Waals surface area (Å²) in [7, 11) is -1.88. The predicted octanol–water partition coefficient (Wildman–Crippen LogP) is 0.0529. The Hall–Kier alpha value is -1.68. The Morgan fingerprint density at radius 1 is 1.26 bits per heavy atom. The van der Waals surface area contributed by atoms with Crippen LogP contribution in [0.15, 0.2) is 29.2 Å². The minimum Gasteiger partial charge on any atom is -0.354 e. The SMILES string of the molecule is CNCC1CCCN1C(=O)c1ccc(S(=O)(=O)N2CCNC(=O)C2)cc1.Cl. The smallest absolute Gasteiger partial charge is 0.254 e. The number of halogens is 1. The van der Waals surface area contributed by atoms with Gasteiger partial charge in [-0.15, -0.1) is 12.4 Å². The van der Waals surface area contributed by atoms with E-state index in [-0.39, 0.29) is 48.2 Å². The van der Waals surface area contributed by atoms with Gasteiger partial charge in [-0.05, 0) is 44.2 Å². The maximum Gasteiger partial charge on any atom is 0.254 e. The van der Waals surface area contributed by atoms with Crippen LogP contribution in [-0.2, 0) is 14.8 Å². The second-order valence-electron chi connectivity index (χ2n) is 6.57. The molecule has 0 saturated carbocycles. The van der Waals surface area contributed by atoms with Gasteiger partial charge in [0.05, 0.1) is 11.4 Å². The number of sulfonamides is 1. The molecule has 150 valence electrons. The zero-order chi connectivity index (χ0) is 18.7. The highest BCUT2D eigenvalue weighted by Gasteiger charge is 2.31. The highest BCUT2D eigenvalue weighted by molar-refractivity contribution is 7.89. The molecule has 8 nitrogen and oxygen atoms in total. The topological polar surface area (TPSA) is 98.8 Å². The Morgan fingerprint density at radius 2 is 1.96 bits per heavy atom. The molecule has 0 spiro atoms. The molecule has 1 atom stereocenters. The molecular formula is C17H25ClN4O4S. The van der Waals surface area contributed by atoms with Gasteiger partial charge >= 0.3 is 0 Å². The summed E-state index contributed by atoms with van der Waals surface area (Å²) in [4.78, 5) is 26.1. The van der Waals surface area contributed by atoms with Crippen molar-refractivity contribution in [2.75, 3.05) is 39.8 Å². The Balaban J connectivity index is 0.00000261. The van der Waals surface area contributed by atoms with E-state index in [2.05, 4.69) is 10.6 Å². The van der Waals surface area contributed by atoms with E-state index in [0.29, 0.717) is 18.7 Å². The molecule has 2 heterocycles. The summed E-state index contributed by atoms with van der Waals surface area (Å²) in [6.45, 7) is 1.83. The molecular weight excluding hydrogens is 392 g/mol. The third-order valence-electron chi connectivity index (χ3n) is 4.82. The van der Waals surface area contributed by atoms with E-state index < -0.39 is 10.0 Å². The molecule has 27 heavy (non-hydrogen) atoms. The number of likely N-dealkylation sites (N-methyl/N-ethyl adjacent to an activating group) is 1. The lowest BCUT2D eigenvalue weighted by molar-refractivity contribution is -0.122. The molecule has 3 rings (SSSR count). The van der Waals surface area contributed by atoms with Gasteiger partial charge in [0.15, 0.2) is 0 Å².